The molecule has 1 fully saturated rings. The molecule has 0 spiro atoms. The molecule has 0 aliphatic heterocycles. The Kier molecular flexibility index (Phi) is 9.61. The molecular formula is C28H37FN6O3. The van der Waals surface area contributed by atoms with Gasteiger partial charge in [-0.1, -0.05) is 18.8 Å². The normalized spacial score (nSPS) is 17.3. The first-order valence-corrected chi connectivity index (χ1v) is 12.9. The minimum atomic E-state index is -0.610. The van der Waals surface area contributed by atoms with Crippen LogP contribution in [0.4, 0.5) is 26.6 Å². The Balaban J connectivity index is 1.56. The third kappa shape index (κ3) is 8.40. The smallest absolute Gasteiger partial charge is 0.410 e. The van der Waals surface area contributed by atoms with Gasteiger partial charge in [-0.05, 0) is 58.9 Å². The van der Waals surface area contributed by atoms with Crippen molar-refractivity contribution < 1.29 is 18.7 Å². The molecule has 2 N–H and O–H groups in total. The van der Waals surface area contributed by atoms with Crippen LogP contribution < -0.4 is 10.6 Å². The van der Waals surface area contributed by atoms with E-state index in [1.165, 1.54) is 17.2 Å². The number of ether oxygens (including phenoxy) is 1. The van der Waals surface area contributed by atoms with E-state index in [4.69, 9.17) is 4.74 Å². The van der Waals surface area contributed by atoms with Crippen molar-refractivity contribution in [3.8, 4) is 11.8 Å². The molecule has 0 saturated heterocycles. The monoisotopic (exact) mass is 524 g/mol. The van der Waals surface area contributed by atoms with Gasteiger partial charge in [-0.25, -0.2) is 14.8 Å². The minimum absolute atomic E-state index is 0.0198. The van der Waals surface area contributed by atoms with E-state index >= 15 is 0 Å². The molecule has 1 saturated carbocycles. The van der Waals surface area contributed by atoms with Crippen LogP contribution in [-0.2, 0) is 9.53 Å². The summed E-state index contributed by atoms with van der Waals surface area (Å²) in [6.45, 7) is 9.90. The van der Waals surface area contributed by atoms with Crippen LogP contribution in [0.1, 0.15) is 65.9 Å². The van der Waals surface area contributed by atoms with Crippen molar-refractivity contribution in [1.82, 2.24) is 19.9 Å². The number of nitrogens with zero attached hydrogens (tertiary/aromatic N) is 4. The molecule has 38 heavy (non-hydrogen) atoms. The summed E-state index contributed by atoms with van der Waals surface area (Å²) in [7, 11) is 1.59. The number of rotatable bonds is 9. The molecule has 204 valence electrons. The van der Waals surface area contributed by atoms with Crippen molar-refractivity contribution in [2.75, 3.05) is 24.2 Å². The molecule has 0 bridgehead atoms. The zero-order valence-electron chi connectivity index (χ0n) is 23.0. The highest BCUT2D eigenvalue weighted by molar-refractivity contribution is 5.87. The highest BCUT2D eigenvalue weighted by atomic mass is 19.1. The molecule has 0 aromatic carbocycles. The lowest BCUT2D eigenvalue weighted by molar-refractivity contribution is -0.125. The lowest BCUT2D eigenvalue weighted by atomic mass is 9.72. The number of nitrogens with one attached hydrogen (secondary N) is 2. The average Bonchev–Trinajstić information content (AvgIpc) is 2.82. The summed E-state index contributed by atoms with van der Waals surface area (Å²) in [4.78, 5) is 38.7. The molecule has 1 aliphatic carbocycles. The largest absolute Gasteiger partial charge is 0.444 e. The third-order valence-corrected chi connectivity index (χ3v) is 6.18. The highest BCUT2D eigenvalue weighted by Crippen LogP contribution is 2.36. The molecule has 2 heterocycles. The quantitative estimate of drug-likeness (QED) is 0.342. The average molecular weight is 525 g/mol. The Morgan fingerprint density at radius 3 is 2.68 bits per heavy atom. The van der Waals surface area contributed by atoms with Crippen LogP contribution in [-0.4, -0.2) is 57.0 Å². The topological polar surface area (TPSA) is 109 Å². The summed E-state index contributed by atoms with van der Waals surface area (Å²) in [6, 6.07) is 2.35. The van der Waals surface area contributed by atoms with Crippen LogP contribution in [0.25, 0.3) is 0 Å². The van der Waals surface area contributed by atoms with Gasteiger partial charge in [0.05, 0.1) is 17.8 Å². The van der Waals surface area contributed by atoms with Crippen LogP contribution in [0.2, 0.25) is 0 Å². The number of pyridine rings is 1. The Morgan fingerprint density at radius 2 is 2.03 bits per heavy atom. The van der Waals surface area contributed by atoms with E-state index in [9.17, 15) is 14.0 Å². The maximum absolute atomic E-state index is 13.4. The van der Waals surface area contributed by atoms with Crippen LogP contribution in [0, 0.1) is 29.6 Å². The highest BCUT2D eigenvalue weighted by Gasteiger charge is 2.33. The van der Waals surface area contributed by atoms with E-state index in [2.05, 4.69) is 44.4 Å². The van der Waals surface area contributed by atoms with Crippen molar-refractivity contribution in [1.29, 1.82) is 0 Å². The number of hydrogen-bond acceptors (Lipinski definition) is 8. The van der Waals surface area contributed by atoms with Crippen LogP contribution in [0.15, 0.2) is 24.5 Å². The lowest BCUT2D eigenvalue weighted by Gasteiger charge is -2.33. The van der Waals surface area contributed by atoms with E-state index in [1.807, 2.05) is 0 Å². The van der Waals surface area contributed by atoms with E-state index in [1.54, 1.807) is 47.0 Å². The number of halogens is 1. The molecule has 9 nitrogen and oxygen atoms in total. The molecule has 2 aromatic rings. The number of carbonyl (C=O) groups is 2. The van der Waals surface area contributed by atoms with Gasteiger partial charge in [-0.15, -0.1) is 0 Å². The predicted octanol–water partition coefficient (Wildman–Crippen LogP) is 5.17. The molecule has 0 radical (unpaired) electrons. The number of hydrogen-bond donors (Lipinski definition) is 2. The van der Waals surface area contributed by atoms with E-state index in [0.29, 0.717) is 29.4 Å². The van der Waals surface area contributed by atoms with Crippen LogP contribution in [0.3, 0.4) is 0 Å². The molecule has 3 rings (SSSR count). The summed E-state index contributed by atoms with van der Waals surface area (Å²) < 4.78 is 18.8. The third-order valence-electron chi connectivity index (χ3n) is 6.18. The van der Waals surface area contributed by atoms with Gasteiger partial charge in [0.15, 0.2) is 5.78 Å². The SMILES string of the molecule is CCCNc1nc(Nc2ccnc(F)c2)ncc1C#CC1CC(CC(=O)[C@H](C)N(C)C(=O)OC(C)(C)C)C1. The number of anilines is 3. The second-order valence-corrected chi connectivity index (χ2v) is 10.6. The first-order chi connectivity index (χ1) is 17.9. The zero-order valence-corrected chi connectivity index (χ0v) is 23.0. The van der Waals surface area contributed by atoms with Crippen molar-refractivity contribution in [3.63, 3.8) is 0 Å². The number of Topliss-reactive ketones (excluding diaryl/α,β-unsaturated/α-hetero) is 1. The van der Waals surface area contributed by atoms with Crippen LogP contribution in [0.5, 0.6) is 0 Å². The molecule has 1 aliphatic rings. The molecule has 1 atom stereocenters. The van der Waals surface area contributed by atoms with Gasteiger partial charge < -0.3 is 20.3 Å². The Labute approximate surface area is 224 Å². The fourth-order valence-corrected chi connectivity index (χ4v) is 3.88. The Bertz CT molecular complexity index is 1200. The first kappa shape index (κ1) is 28.8. The summed E-state index contributed by atoms with van der Waals surface area (Å²) in [6.07, 6.45) is 5.49. The van der Waals surface area contributed by atoms with Gasteiger partial charge in [0.2, 0.25) is 11.9 Å². The summed E-state index contributed by atoms with van der Waals surface area (Å²) >= 11 is 0. The lowest BCUT2D eigenvalue weighted by Crippen LogP contribution is -2.44. The predicted molar refractivity (Wildman–Crippen MR) is 144 cm³/mol. The minimum Gasteiger partial charge on any atom is -0.444 e. The van der Waals surface area contributed by atoms with Gasteiger partial charge in [-0.2, -0.15) is 9.37 Å². The molecule has 10 heteroatoms. The van der Waals surface area contributed by atoms with Crippen molar-refractivity contribution >= 4 is 29.3 Å². The second kappa shape index (κ2) is 12.7. The number of ketones is 1. The van der Waals surface area contributed by atoms with E-state index in [0.717, 1.165) is 25.8 Å². The molecule has 1 amide bonds. The summed E-state index contributed by atoms with van der Waals surface area (Å²) in [5.41, 5.74) is 0.567. The summed E-state index contributed by atoms with van der Waals surface area (Å²) in [5.74, 6) is 7.26. The van der Waals surface area contributed by atoms with Crippen molar-refractivity contribution in [2.45, 2.75) is 71.9 Å². The van der Waals surface area contributed by atoms with Gasteiger partial charge in [0, 0.05) is 43.9 Å². The first-order valence-electron chi connectivity index (χ1n) is 12.9. The van der Waals surface area contributed by atoms with Crippen molar-refractivity contribution in [2.24, 2.45) is 11.8 Å². The number of likely N-dealkylation sites (N-methyl/N-ethyl adjacent to an activating group) is 1. The maximum Gasteiger partial charge on any atom is 0.410 e. The Hall–Kier alpha value is -3.74. The van der Waals surface area contributed by atoms with E-state index in [-0.39, 0.29) is 17.6 Å². The molecule has 2 aromatic heterocycles. The standard InChI is InChI=1S/C28H37FN6O3/c1-7-11-31-25-21(17-32-26(34-25)33-22-10-12-30-24(29)16-22)9-8-19-13-20(14-19)15-23(36)18(2)35(6)27(37)38-28(3,4)5/h10,12,16-20H,7,11,13-15H2,1-6H3,(H2,30,31,32,33,34)/t18-,19?,20?/m0/s1. The van der Waals surface area contributed by atoms with Gasteiger partial charge in [0.25, 0.3) is 0 Å². The fraction of sp³-hybridized carbons (Fsp3) is 0.536. The summed E-state index contributed by atoms with van der Waals surface area (Å²) in [5, 5.41) is 6.25. The fourth-order valence-electron chi connectivity index (χ4n) is 3.88. The molecule has 0 unspecified atom stereocenters. The number of amides is 1. The zero-order chi connectivity index (χ0) is 27.9. The molecular weight excluding hydrogens is 487 g/mol. The van der Waals surface area contributed by atoms with Crippen molar-refractivity contribution in [3.05, 3.63) is 36.0 Å². The van der Waals surface area contributed by atoms with Gasteiger partial charge in [0.1, 0.15) is 11.4 Å². The van der Waals surface area contributed by atoms with Crippen LogP contribution >= 0.6 is 0 Å². The number of carbonyl (C=O) groups excluding carboxylic acids is 2. The Morgan fingerprint density at radius 1 is 1.29 bits per heavy atom. The second-order valence-electron chi connectivity index (χ2n) is 10.6. The van der Waals surface area contributed by atoms with E-state index < -0.39 is 23.7 Å². The maximum atomic E-state index is 13.4. The van der Waals surface area contributed by atoms with Gasteiger partial charge >= 0.3 is 6.09 Å². The number of aromatic nitrogens is 3. The van der Waals surface area contributed by atoms with Gasteiger partial charge in [-0.3, -0.25) is 4.79 Å².